The van der Waals surface area contributed by atoms with Gasteiger partial charge in [-0.15, -0.1) is 0 Å². The van der Waals surface area contributed by atoms with Gasteiger partial charge in [0.2, 0.25) is 11.8 Å². The molecule has 3 aromatic rings. The fourth-order valence-corrected chi connectivity index (χ4v) is 5.81. The van der Waals surface area contributed by atoms with E-state index in [4.69, 9.17) is 18.9 Å². The zero-order chi connectivity index (χ0) is 32.1. The Hall–Kier alpha value is -4.41. The lowest BCUT2D eigenvalue weighted by Gasteiger charge is -2.26. The average Bonchev–Trinajstić information content (AvgIpc) is 3.88. The molecule has 2 aromatic carbocycles. The van der Waals surface area contributed by atoms with Gasteiger partial charge in [0.05, 0.1) is 38.5 Å². The Morgan fingerprint density at radius 3 is 2.54 bits per heavy atom. The first-order valence-corrected chi connectivity index (χ1v) is 16.0. The standard InChI is InChI=1S/C36H42N4O6/c1-24-5-7-26(8-6-24)38-34(41)36(12-13-36)35(42)39-29-10-9-27(21-25(29)2)46-31-11-14-37-30-23-33(32(43-3)22-28(30)31)45-18-4-15-40-16-19-44-20-17-40/h5-11,14,21-23,25,29H,4,12-13,15-20H2,1-3H3,(H,38,41)(H,39,42). The summed E-state index contributed by atoms with van der Waals surface area (Å²) in [7, 11) is 1.62. The molecule has 1 saturated heterocycles. The molecule has 0 bridgehead atoms. The molecule has 2 unspecified atom stereocenters. The van der Waals surface area contributed by atoms with Crippen molar-refractivity contribution in [2.75, 3.05) is 51.9 Å². The van der Waals surface area contributed by atoms with Crippen LogP contribution in [0.5, 0.6) is 17.2 Å². The van der Waals surface area contributed by atoms with Gasteiger partial charge in [-0.25, -0.2) is 0 Å². The number of pyridine rings is 1. The van der Waals surface area contributed by atoms with Gasteiger partial charge in [-0.3, -0.25) is 19.5 Å². The molecule has 2 N–H and O–H groups in total. The number of aryl methyl sites for hydroxylation is 1. The van der Waals surface area contributed by atoms with E-state index in [0.29, 0.717) is 48.1 Å². The van der Waals surface area contributed by atoms with E-state index in [1.54, 1.807) is 13.3 Å². The van der Waals surface area contributed by atoms with Gasteiger partial charge in [-0.05, 0) is 62.6 Å². The van der Waals surface area contributed by atoms with Crippen LogP contribution in [0.2, 0.25) is 0 Å². The van der Waals surface area contributed by atoms with Crippen LogP contribution >= 0.6 is 0 Å². The number of rotatable bonds is 12. The van der Waals surface area contributed by atoms with Crippen molar-refractivity contribution in [2.45, 2.75) is 39.2 Å². The van der Waals surface area contributed by atoms with Crippen molar-refractivity contribution in [3.05, 3.63) is 78.2 Å². The number of anilines is 1. The lowest BCUT2D eigenvalue weighted by molar-refractivity contribution is -0.134. The Bertz CT molecular complexity index is 1630. The Labute approximate surface area is 269 Å². The molecular formula is C36H42N4O6. The zero-order valence-corrected chi connectivity index (χ0v) is 26.7. The maximum atomic E-state index is 13.3. The number of methoxy groups -OCH3 is 1. The summed E-state index contributed by atoms with van der Waals surface area (Å²) in [5.74, 6) is 1.99. The fourth-order valence-electron chi connectivity index (χ4n) is 5.81. The molecule has 2 amide bonds. The molecule has 10 nitrogen and oxygen atoms in total. The van der Waals surface area contributed by atoms with E-state index < -0.39 is 5.41 Å². The quantitative estimate of drug-likeness (QED) is 0.213. The van der Waals surface area contributed by atoms with Gasteiger partial charge in [0.25, 0.3) is 0 Å². The lowest BCUT2D eigenvalue weighted by atomic mass is 9.94. The molecule has 3 aliphatic rings. The van der Waals surface area contributed by atoms with Crippen LogP contribution in [-0.4, -0.2) is 74.3 Å². The van der Waals surface area contributed by atoms with Gasteiger partial charge in [0.1, 0.15) is 16.9 Å². The monoisotopic (exact) mass is 626 g/mol. The Balaban J connectivity index is 1.06. The van der Waals surface area contributed by atoms with E-state index in [0.717, 1.165) is 55.7 Å². The molecule has 10 heteroatoms. The van der Waals surface area contributed by atoms with Crippen LogP contribution in [0, 0.1) is 18.3 Å². The number of amides is 2. The number of hydrogen-bond acceptors (Lipinski definition) is 8. The average molecular weight is 627 g/mol. The van der Waals surface area contributed by atoms with Gasteiger partial charge >= 0.3 is 0 Å². The van der Waals surface area contributed by atoms with E-state index >= 15 is 0 Å². The molecule has 242 valence electrons. The molecule has 2 fully saturated rings. The predicted octanol–water partition coefficient (Wildman–Crippen LogP) is 5.03. The molecule has 46 heavy (non-hydrogen) atoms. The second-order valence-corrected chi connectivity index (χ2v) is 12.3. The molecule has 1 aromatic heterocycles. The highest BCUT2D eigenvalue weighted by molar-refractivity contribution is 6.13. The third-order valence-electron chi connectivity index (χ3n) is 8.88. The number of morpholine rings is 1. The van der Waals surface area contributed by atoms with Gasteiger partial charge in [-0.2, -0.15) is 0 Å². The normalized spacial score (nSPS) is 20.5. The second-order valence-electron chi connectivity index (χ2n) is 12.3. The molecule has 0 radical (unpaired) electrons. The maximum absolute atomic E-state index is 13.3. The van der Waals surface area contributed by atoms with Crippen molar-refractivity contribution >= 4 is 28.4 Å². The van der Waals surface area contributed by atoms with Crippen molar-refractivity contribution in [3.63, 3.8) is 0 Å². The molecule has 2 heterocycles. The molecule has 2 aliphatic carbocycles. The SMILES string of the molecule is COc1cc2c(OC3=CC(C)C(NC(=O)C4(C(=O)Nc5ccc(C)cc5)CC4)C=C3)ccnc2cc1OCCCN1CCOCC1. The highest BCUT2D eigenvalue weighted by atomic mass is 16.5. The minimum Gasteiger partial charge on any atom is -0.493 e. The minimum absolute atomic E-state index is 0.0555. The molecule has 1 saturated carbocycles. The molecular weight excluding hydrogens is 584 g/mol. The summed E-state index contributed by atoms with van der Waals surface area (Å²) in [5.41, 5.74) is 1.50. The summed E-state index contributed by atoms with van der Waals surface area (Å²) in [6.07, 6.45) is 9.43. The molecule has 2 atom stereocenters. The van der Waals surface area contributed by atoms with Crippen LogP contribution in [0.3, 0.4) is 0 Å². The number of nitrogens with zero attached hydrogens (tertiary/aromatic N) is 2. The number of fused-ring (bicyclic) bond motifs is 1. The Kier molecular flexibility index (Phi) is 9.56. The van der Waals surface area contributed by atoms with Crippen LogP contribution < -0.4 is 24.8 Å². The predicted molar refractivity (Wildman–Crippen MR) is 176 cm³/mol. The van der Waals surface area contributed by atoms with Gasteiger partial charge < -0.3 is 29.6 Å². The zero-order valence-electron chi connectivity index (χ0n) is 26.7. The number of carbonyl (C=O) groups excluding carboxylic acids is 2. The summed E-state index contributed by atoms with van der Waals surface area (Å²) in [5, 5.41) is 6.79. The molecule has 6 rings (SSSR count). The Morgan fingerprint density at radius 1 is 1.04 bits per heavy atom. The van der Waals surface area contributed by atoms with Crippen LogP contribution in [-0.2, 0) is 14.3 Å². The van der Waals surface area contributed by atoms with Gasteiger partial charge in [0, 0.05) is 48.9 Å². The number of carbonyl (C=O) groups is 2. The number of aromatic nitrogens is 1. The summed E-state index contributed by atoms with van der Waals surface area (Å²) < 4.78 is 23.5. The van der Waals surface area contributed by atoms with Crippen molar-refractivity contribution < 1.29 is 28.5 Å². The first kappa shape index (κ1) is 31.6. The van der Waals surface area contributed by atoms with Crippen LogP contribution in [0.1, 0.15) is 31.7 Å². The summed E-state index contributed by atoms with van der Waals surface area (Å²) in [4.78, 5) is 33.3. The van der Waals surface area contributed by atoms with E-state index in [-0.39, 0.29) is 23.8 Å². The van der Waals surface area contributed by atoms with E-state index in [2.05, 4.69) is 20.5 Å². The number of benzene rings is 2. The fraction of sp³-hybridized carbons (Fsp3) is 0.417. The van der Waals surface area contributed by atoms with E-state index in [1.165, 1.54) is 0 Å². The molecule has 1 aliphatic heterocycles. The summed E-state index contributed by atoms with van der Waals surface area (Å²) in [6, 6.07) is 12.9. The third kappa shape index (κ3) is 7.18. The number of hydrogen-bond donors (Lipinski definition) is 2. The number of allylic oxidation sites excluding steroid dienone is 1. The van der Waals surface area contributed by atoms with Crippen molar-refractivity contribution in [3.8, 4) is 17.2 Å². The van der Waals surface area contributed by atoms with Gasteiger partial charge in [0.15, 0.2) is 11.5 Å². The number of ether oxygens (including phenoxy) is 4. The highest BCUT2D eigenvalue weighted by Crippen LogP contribution is 2.47. The van der Waals surface area contributed by atoms with E-state index in [9.17, 15) is 9.59 Å². The first-order valence-electron chi connectivity index (χ1n) is 16.0. The van der Waals surface area contributed by atoms with Crippen molar-refractivity contribution in [2.24, 2.45) is 11.3 Å². The maximum Gasteiger partial charge on any atom is 0.240 e. The number of nitrogens with one attached hydrogen (secondary N) is 2. The van der Waals surface area contributed by atoms with Crippen molar-refractivity contribution in [1.29, 1.82) is 0 Å². The third-order valence-corrected chi connectivity index (χ3v) is 8.88. The van der Waals surface area contributed by atoms with Crippen molar-refractivity contribution in [1.82, 2.24) is 15.2 Å². The molecule has 0 spiro atoms. The van der Waals surface area contributed by atoms with Crippen LogP contribution in [0.4, 0.5) is 5.69 Å². The summed E-state index contributed by atoms with van der Waals surface area (Å²) in [6.45, 7) is 9.03. The van der Waals surface area contributed by atoms with Crippen LogP contribution in [0.15, 0.2) is 72.6 Å². The van der Waals surface area contributed by atoms with E-state index in [1.807, 2.05) is 74.5 Å². The lowest BCUT2D eigenvalue weighted by Crippen LogP contribution is -2.46. The second kappa shape index (κ2) is 13.9. The largest absolute Gasteiger partial charge is 0.493 e. The summed E-state index contributed by atoms with van der Waals surface area (Å²) >= 11 is 0. The first-order chi connectivity index (χ1) is 22.3. The van der Waals surface area contributed by atoms with Gasteiger partial charge in [-0.1, -0.05) is 30.7 Å². The minimum atomic E-state index is -1.03. The Morgan fingerprint density at radius 2 is 1.83 bits per heavy atom. The highest BCUT2D eigenvalue weighted by Gasteiger charge is 2.57. The van der Waals surface area contributed by atoms with Crippen LogP contribution in [0.25, 0.3) is 10.9 Å². The smallest absolute Gasteiger partial charge is 0.240 e. The topological polar surface area (TPSA) is 111 Å².